The predicted octanol–water partition coefficient (Wildman–Crippen LogP) is 3.74. The van der Waals surface area contributed by atoms with Crippen molar-refractivity contribution in [1.29, 1.82) is 0 Å². The van der Waals surface area contributed by atoms with Crippen molar-refractivity contribution in [2.24, 2.45) is 11.7 Å². The Hall–Kier alpha value is -4.28. The highest BCUT2D eigenvalue weighted by molar-refractivity contribution is 5.77. The number of hydrogen-bond donors (Lipinski definition) is 2. The number of amides is 1. The Labute approximate surface area is 195 Å². The van der Waals surface area contributed by atoms with E-state index in [2.05, 4.69) is 15.3 Å². The molecule has 0 spiro atoms. The minimum absolute atomic E-state index is 0.00201. The maximum atomic E-state index is 14.9. The van der Waals surface area contributed by atoms with Crippen LogP contribution < -0.4 is 20.9 Å². The first-order valence-corrected chi connectivity index (χ1v) is 10.7. The standard InChI is InChI=1S/C23H24FN7O3/c1-29(17-6-10-26-11-7-17)21-5-4-20(31(33)34)23(28-21)27-16-2-3-19(18(24)14-16)30-12-8-15(9-13-30)22(25)32/h2-7,10-11,14-15H,8-9,12-13H2,1H3,(H2,25,32)(H,27,28). The number of piperidine rings is 1. The largest absolute Gasteiger partial charge is 0.369 e. The van der Waals surface area contributed by atoms with Crippen molar-refractivity contribution < 1.29 is 14.1 Å². The van der Waals surface area contributed by atoms with E-state index in [-0.39, 0.29) is 23.3 Å². The first-order valence-electron chi connectivity index (χ1n) is 10.7. The first kappa shape index (κ1) is 22.9. The summed E-state index contributed by atoms with van der Waals surface area (Å²) in [6.45, 7) is 1.04. The van der Waals surface area contributed by atoms with Crippen LogP contribution in [-0.2, 0) is 4.79 Å². The van der Waals surface area contributed by atoms with Crippen molar-refractivity contribution in [1.82, 2.24) is 9.97 Å². The number of rotatable bonds is 7. The zero-order valence-electron chi connectivity index (χ0n) is 18.5. The number of nitrogens with one attached hydrogen (secondary N) is 1. The summed E-state index contributed by atoms with van der Waals surface area (Å²) in [5.41, 5.74) is 6.67. The van der Waals surface area contributed by atoms with Gasteiger partial charge in [-0.2, -0.15) is 0 Å². The average Bonchev–Trinajstić information content (AvgIpc) is 2.84. The summed E-state index contributed by atoms with van der Waals surface area (Å²) < 4.78 is 14.9. The lowest BCUT2D eigenvalue weighted by molar-refractivity contribution is -0.384. The van der Waals surface area contributed by atoms with E-state index in [0.717, 1.165) is 5.69 Å². The lowest BCUT2D eigenvalue weighted by Crippen LogP contribution is -2.38. The Balaban J connectivity index is 1.56. The number of hydrogen-bond acceptors (Lipinski definition) is 8. The predicted molar refractivity (Wildman–Crippen MR) is 127 cm³/mol. The molecule has 1 fully saturated rings. The van der Waals surface area contributed by atoms with E-state index in [1.807, 2.05) is 4.90 Å². The second-order valence-corrected chi connectivity index (χ2v) is 8.01. The third kappa shape index (κ3) is 4.87. The average molecular weight is 465 g/mol. The lowest BCUT2D eigenvalue weighted by atomic mass is 9.96. The molecule has 3 N–H and O–H groups in total. The molecule has 0 radical (unpaired) electrons. The van der Waals surface area contributed by atoms with Crippen molar-refractivity contribution in [3.05, 3.63) is 70.8 Å². The van der Waals surface area contributed by atoms with Crippen molar-refractivity contribution >= 4 is 40.3 Å². The number of pyridine rings is 2. The van der Waals surface area contributed by atoms with Crippen molar-refractivity contribution in [2.45, 2.75) is 12.8 Å². The van der Waals surface area contributed by atoms with Crippen molar-refractivity contribution in [3.63, 3.8) is 0 Å². The molecule has 2 aromatic heterocycles. The molecule has 11 heteroatoms. The number of carbonyl (C=O) groups excluding carboxylic acids is 1. The van der Waals surface area contributed by atoms with E-state index in [1.54, 1.807) is 54.7 Å². The lowest BCUT2D eigenvalue weighted by Gasteiger charge is -2.32. The highest BCUT2D eigenvalue weighted by Gasteiger charge is 2.25. The molecule has 34 heavy (non-hydrogen) atoms. The molecule has 0 unspecified atom stereocenters. The molecular weight excluding hydrogens is 441 g/mol. The van der Waals surface area contributed by atoms with Gasteiger partial charge in [0.1, 0.15) is 11.6 Å². The van der Waals surface area contributed by atoms with E-state index >= 15 is 0 Å². The first-order chi connectivity index (χ1) is 16.3. The number of carbonyl (C=O) groups is 1. The molecule has 176 valence electrons. The van der Waals surface area contributed by atoms with Crippen LogP contribution >= 0.6 is 0 Å². The summed E-state index contributed by atoms with van der Waals surface area (Å²) in [5.74, 6) is -0.531. The second-order valence-electron chi connectivity index (χ2n) is 8.01. The number of primary amides is 1. The highest BCUT2D eigenvalue weighted by Crippen LogP contribution is 2.32. The van der Waals surface area contributed by atoms with Crippen LogP contribution in [0.25, 0.3) is 0 Å². The van der Waals surface area contributed by atoms with Crippen molar-refractivity contribution in [2.75, 3.05) is 35.3 Å². The molecule has 3 aromatic rings. The molecule has 1 aromatic carbocycles. The number of nitro groups is 1. The molecule has 0 saturated carbocycles. The van der Waals surface area contributed by atoms with Gasteiger partial charge in [-0.15, -0.1) is 0 Å². The molecule has 3 heterocycles. The summed E-state index contributed by atoms with van der Waals surface area (Å²) in [4.78, 5) is 34.4. The topological polar surface area (TPSA) is 131 Å². The molecule has 1 amide bonds. The van der Waals surface area contributed by atoms with Crippen LogP contribution in [0.5, 0.6) is 0 Å². The van der Waals surface area contributed by atoms with E-state index in [0.29, 0.717) is 43.1 Å². The summed E-state index contributed by atoms with van der Waals surface area (Å²) in [7, 11) is 1.78. The zero-order valence-corrected chi connectivity index (χ0v) is 18.5. The van der Waals surface area contributed by atoms with Gasteiger partial charge in [0.15, 0.2) is 0 Å². The van der Waals surface area contributed by atoms with Gasteiger partial charge in [-0.05, 0) is 49.2 Å². The van der Waals surface area contributed by atoms with Crippen molar-refractivity contribution in [3.8, 4) is 0 Å². The summed E-state index contributed by atoms with van der Waals surface area (Å²) in [6.07, 6.45) is 4.42. The molecule has 0 aliphatic carbocycles. The molecular formula is C23H24FN7O3. The van der Waals surface area contributed by atoms with Gasteiger partial charge >= 0.3 is 5.69 Å². The number of aromatic nitrogens is 2. The van der Waals surface area contributed by atoms with Gasteiger partial charge < -0.3 is 20.9 Å². The van der Waals surface area contributed by atoms with E-state index in [9.17, 15) is 19.3 Å². The smallest absolute Gasteiger partial charge is 0.311 e. The fourth-order valence-corrected chi connectivity index (χ4v) is 3.95. The van der Waals surface area contributed by atoms with Crippen LogP contribution in [0, 0.1) is 21.8 Å². The van der Waals surface area contributed by atoms with Crippen LogP contribution in [0.1, 0.15) is 12.8 Å². The van der Waals surface area contributed by atoms with E-state index < -0.39 is 10.7 Å². The van der Waals surface area contributed by atoms with E-state index in [4.69, 9.17) is 5.73 Å². The Morgan fingerprint density at radius 3 is 2.53 bits per heavy atom. The maximum Gasteiger partial charge on any atom is 0.311 e. The van der Waals surface area contributed by atoms with Gasteiger partial charge in [-0.3, -0.25) is 19.9 Å². The molecule has 1 aliphatic heterocycles. The Bertz CT molecular complexity index is 1200. The van der Waals surface area contributed by atoms with Gasteiger partial charge in [0.25, 0.3) is 0 Å². The molecule has 1 aliphatic rings. The van der Waals surface area contributed by atoms with Crippen LogP contribution in [0.3, 0.4) is 0 Å². The third-order valence-electron chi connectivity index (χ3n) is 5.90. The fourth-order valence-electron chi connectivity index (χ4n) is 3.95. The Morgan fingerprint density at radius 1 is 1.21 bits per heavy atom. The van der Waals surface area contributed by atoms with Gasteiger partial charge in [0.2, 0.25) is 11.7 Å². The third-order valence-corrected chi connectivity index (χ3v) is 5.90. The second kappa shape index (κ2) is 9.69. The minimum Gasteiger partial charge on any atom is -0.369 e. The molecule has 4 rings (SSSR count). The van der Waals surface area contributed by atoms with Crippen LogP contribution in [0.15, 0.2) is 54.9 Å². The Morgan fingerprint density at radius 2 is 1.91 bits per heavy atom. The van der Waals surface area contributed by atoms with Gasteiger partial charge in [-0.1, -0.05) is 0 Å². The number of nitrogens with zero attached hydrogens (tertiary/aromatic N) is 5. The van der Waals surface area contributed by atoms with Crippen LogP contribution in [-0.4, -0.2) is 40.9 Å². The minimum atomic E-state index is -0.542. The summed E-state index contributed by atoms with van der Waals surface area (Å²) in [6, 6.07) is 11.0. The Kier molecular flexibility index (Phi) is 6.53. The molecule has 1 saturated heterocycles. The number of halogens is 1. The normalized spacial score (nSPS) is 14.0. The number of anilines is 5. The monoisotopic (exact) mass is 465 g/mol. The zero-order chi connectivity index (χ0) is 24.2. The maximum absolute atomic E-state index is 14.9. The van der Waals surface area contributed by atoms with Crippen LogP contribution in [0.4, 0.5) is 38.8 Å². The molecule has 0 atom stereocenters. The molecule has 0 bridgehead atoms. The quantitative estimate of drug-likeness (QED) is 0.399. The van der Waals surface area contributed by atoms with Crippen LogP contribution in [0.2, 0.25) is 0 Å². The van der Waals surface area contributed by atoms with Gasteiger partial charge in [-0.25, -0.2) is 9.37 Å². The van der Waals surface area contributed by atoms with Gasteiger partial charge in [0.05, 0.1) is 10.6 Å². The summed E-state index contributed by atoms with van der Waals surface area (Å²) in [5, 5.41) is 14.4. The SMILES string of the molecule is CN(c1ccncc1)c1ccc([N+](=O)[O-])c(Nc2ccc(N3CCC(C(N)=O)CC3)c(F)c2)n1. The fraction of sp³-hybridized carbons (Fsp3) is 0.261. The van der Waals surface area contributed by atoms with E-state index in [1.165, 1.54) is 12.1 Å². The van der Waals surface area contributed by atoms with Gasteiger partial charge in [0, 0.05) is 55.9 Å². The number of nitrogens with two attached hydrogens (primary N) is 1. The molecule has 10 nitrogen and oxygen atoms in total. The number of benzene rings is 1. The summed E-state index contributed by atoms with van der Waals surface area (Å²) >= 11 is 0. The highest BCUT2D eigenvalue weighted by atomic mass is 19.1.